The molecule has 20 heavy (non-hydrogen) atoms. The average molecular weight is 266 g/mol. The van der Waals surface area contributed by atoms with Gasteiger partial charge in [-0.15, -0.1) is 0 Å². The second-order valence-electron chi connectivity index (χ2n) is 4.87. The molecule has 0 bridgehead atoms. The molecule has 0 aliphatic carbocycles. The lowest BCUT2D eigenvalue weighted by Gasteiger charge is -2.05. The van der Waals surface area contributed by atoms with Crippen LogP contribution in [0.3, 0.4) is 0 Å². The van der Waals surface area contributed by atoms with Crippen molar-refractivity contribution in [2.75, 3.05) is 0 Å². The number of carbonyl (C=O) groups is 2. The minimum Gasteiger partial charge on any atom is -0.322 e. The molecule has 1 aliphatic heterocycles. The van der Waals surface area contributed by atoms with E-state index < -0.39 is 12.1 Å². The third kappa shape index (κ3) is 2.28. The van der Waals surface area contributed by atoms with E-state index in [1.165, 1.54) is 5.56 Å². The predicted octanol–water partition coefficient (Wildman–Crippen LogP) is 2.37. The third-order valence-corrected chi connectivity index (χ3v) is 3.35. The molecule has 2 aromatic carbocycles. The molecule has 3 amide bonds. The first kappa shape index (κ1) is 12.4. The van der Waals surface area contributed by atoms with Gasteiger partial charge in [-0.3, -0.25) is 10.1 Å². The van der Waals surface area contributed by atoms with Crippen LogP contribution >= 0.6 is 0 Å². The Morgan fingerprint density at radius 1 is 1.15 bits per heavy atom. The summed E-state index contributed by atoms with van der Waals surface area (Å²) in [4.78, 5) is 22.5. The largest absolute Gasteiger partial charge is 0.322 e. The summed E-state index contributed by atoms with van der Waals surface area (Å²) in [6.07, 6.45) is 3.58. The molecule has 0 radical (unpaired) electrons. The number of nitrogens with one attached hydrogen (secondary N) is 2. The van der Waals surface area contributed by atoms with Crippen LogP contribution in [0, 0.1) is 6.92 Å². The van der Waals surface area contributed by atoms with Gasteiger partial charge in [0.15, 0.2) is 0 Å². The molecule has 1 saturated heterocycles. The zero-order valence-corrected chi connectivity index (χ0v) is 11.0. The van der Waals surface area contributed by atoms with Gasteiger partial charge in [0.1, 0.15) is 6.04 Å². The van der Waals surface area contributed by atoms with Gasteiger partial charge in [0, 0.05) is 0 Å². The lowest BCUT2D eigenvalue weighted by molar-refractivity contribution is -0.119. The molecular weight excluding hydrogens is 252 g/mol. The molecule has 1 aliphatic rings. The Morgan fingerprint density at radius 3 is 2.75 bits per heavy atom. The van der Waals surface area contributed by atoms with Crippen LogP contribution in [0.15, 0.2) is 42.5 Å². The fraction of sp³-hybridized carbons (Fsp3) is 0.125. The van der Waals surface area contributed by atoms with Crippen LogP contribution in [0.2, 0.25) is 0 Å². The monoisotopic (exact) mass is 266 g/mol. The minimum absolute atomic E-state index is 0.317. The Kier molecular flexibility index (Phi) is 2.99. The van der Waals surface area contributed by atoms with E-state index in [0.717, 1.165) is 16.3 Å². The smallest absolute Gasteiger partial charge is 0.322 e. The summed E-state index contributed by atoms with van der Waals surface area (Å²) in [5.41, 5.74) is 2.21. The van der Waals surface area contributed by atoms with Crippen LogP contribution in [-0.2, 0) is 4.79 Å². The maximum Gasteiger partial charge on any atom is 0.322 e. The van der Waals surface area contributed by atoms with Crippen LogP contribution in [0.1, 0.15) is 11.1 Å². The Labute approximate surface area is 116 Å². The fourth-order valence-corrected chi connectivity index (χ4v) is 2.32. The highest BCUT2D eigenvalue weighted by Gasteiger charge is 2.26. The number of aryl methyl sites for hydroxylation is 1. The van der Waals surface area contributed by atoms with Crippen molar-refractivity contribution in [2.24, 2.45) is 0 Å². The molecule has 3 rings (SSSR count). The van der Waals surface area contributed by atoms with Crippen LogP contribution in [0.4, 0.5) is 4.79 Å². The van der Waals surface area contributed by atoms with Crippen LogP contribution in [-0.4, -0.2) is 18.0 Å². The topological polar surface area (TPSA) is 58.2 Å². The second kappa shape index (κ2) is 4.81. The van der Waals surface area contributed by atoms with E-state index in [1.54, 1.807) is 6.08 Å². The SMILES string of the molecule is Cc1ccc2cccc(/C=C/C3NC(=O)NC3=O)c2c1. The van der Waals surface area contributed by atoms with Gasteiger partial charge in [-0.05, 0) is 23.3 Å². The van der Waals surface area contributed by atoms with Crippen molar-refractivity contribution in [2.45, 2.75) is 13.0 Å². The summed E-state index contributed by atoms with van der Waals surface area (Å²) < 4.78 is 0. The molecule has 2 N–H and O–H groups in total. The fourth-order valence-electron chi connectivity index (χ4n) is 2.32. The average Bonchev–Trinajstić information content (AvgIpc) is 2.74. The summed E-state index contributed by atoms with van der Waals surface area (Å²) in [5, 5.41) is 7.04. The second-order valence-corrected chi connectivity index (χ2v) is 4.87. The van der Waals surface area contributed by atoms with E-state index in [0.29, 0.717) is 0 Å². The zero-order valence-electron chi connectivity index (χ0n) is 11.0. The van der Waals surface area contributed by atoms with Gasteiger partial charge in [0.2, 0.25) is 0 Å². The predicted molar refractivity (Wildman–Crippen MR) is 78.2 cm³/mol. The number of benzene rings is 2. The number of rotatable bonds is 2. The van der Waals surface area contributed by atoms with Gasteiger partial charge in [-0.1, -0.05) is 54.1 Å². The molecule has 1 atom stereocenters. The summed E-state index contributed by atoms with van der Waals surface area (Å²) in [6.45, 7) is 2.05. The Hall–Kier alpha value is -2.62. The summed E-state index contributed by atoms with van der Waals surface area (Å²) in [5.74, 6) is -0.317. The van der Waals surface area contributed by atoms with E-state index in [2.05, 4.69) is 34.9 Å². The van der Waals surface area contributed by atoms with Crippen molar-refractivity contribution in [1.29, 1.82) is 0 Å². The maximum absolute atomic E-state index is 11.5. The molecule has 0 spiro atoms. The first-order valence-corrected chi connectivity index (χ1v) is 6.42. The maximum atomic E-state index is 11.5. The minimum atomic E-state index is -0.595. The molecule has 4 nitrogen and oxygen atoms in total. The number of fused-ring (bicyclic) bond motifs is 1. The molecule has 0 saturated carbocycles. The first-order valence-electron chi connectivity index (χ1n) is 6.42. The number of imide groups is 1. The summed E-state index contributed by atoms with van der Waals surface area (Å²) in [6, 6.07) is 11.2. The lowest BCUT2D eigenvalue weighted by Crippen LogP contribution is -2.26. The van der Waals surface area contributed by atoms with Gasteiger partial charge >= 0.3 is 6.03 Å². The van der Waals surface area contributed by atoms with Crippen molar-refractivity contribution in [3.05, 3.63) is 53.6 Å². The number of urea groups is 1. The molecule has 1 heterocycles. The Balaban J connectivity index is 1.96. The molecule has 100 valence electrons. The van der Waals surface area contributed by atoms with Crippen molar-refractivity contribution >= 4 is 28.8 Å². The van der Waals surface area contributed by atoms with Crippen molar-refractivity contribution < 1.29 is 9.59 Å². The summed E-state index contributed by atoms with van der Waals surface area (Å²) >= 11 is 0. The van der Waals surface area contributed by atoms with E-state index >= 15 is 0 Å². The van der Waals surface area contributed by atoms with Gasteiger partial charge in [-0.2, -0.15) is 0 Å². The molecule has 4 heteroatoms. The van der Waals surface area contributed by atoms with Crippen molar-refractivity contribution in [3.63, 3.8) is 0 Å². The normalized spacial score (nSPS) is 18.6. The molecule has 1 fully saturated rings. The van der Waals surface area contributed by atoms with Gasteiger partial charge < -0.3 is 5.32 Å². The van der Waals surface area contributed by atoms with Crippen molar-refractivity contribution in [1.82, 2.24) is 10.6 Å². The van der Waals surface area contributed by atoms with Gasteiger partial charge in [0.05, 0.1) is 0 Å². The standard InChI is InChI=1S/C16H14N2O2/c1-10-5-6-11-3-2-4-12(13(11)9-10)7-8-14-15(19)18-16(20)17-14/h2-9,14H,1H3,(H2,17,18,19,20)/b8-7+. The number of hydrogen-bond donors (Lipinski definition) is 2. The van der Waals surface area contributed by atoms with E-state index in [9.17, 15) is 9.59 Å². The Bertz CT molecular complexity index is 734. The molecule has 2 aromatic rings. The summed E-state index contributed by atoms with van der Waals surface area (Å²) in [7, 11) is 0. The lowest BCUT2D eigenvalue weighted by atomic mass is 10.0. The van der Waals surface area contributed by atoms with Crippen LogP contribution < -0.4 is 10.6 Å². The van der Waals surface area contributed by atoms with E-state index in [-0.39, 0.29) is 5.91 Å². The van der Waals surface area contributed by atoms with Gasteiger partial charge in [-0.25, -0.2) is 4.79 Å². The third-order valence-electron chi connectivity index (χ3n) is 3.35. The molecule has 1 unspecified atom stereocenters. The van der Waals surface area contributed by atoms with Crippen LogP contribution in [0.5, 0.6) is 0 Å². The zero-order chi connectivity index (χ0) is 14.1. The molecule has 0 aromatic heterocycles. The quantitative estimate of drug-likeness (QED) is 0.820. The van der Waals surface area contributed by atoms with E-state index in [1.807, 2.05) is 25.1 Å². The van der Waals surface area contributed by atoms with E-state index in [4.69, 9.17) is 0 Å². The highest BCUT2D eigenvalue weighted by molar-refractivity contribution is 6.05. The number of amides is 3. The number of hydrogen-bond acceptors (Lipinski definition) is 2. The highest BCUT2D eigenvalue weighted by Crippen LogP contribution is 2.21. The van der Waals surface area contributed by atoms with Crippen LogP contribution in [0.25, 0.3) is 16.8 Å². The van der Waals surface area contributed by atoms with Gasteiger partial charge in [0.25, 0.3) is 5.91 Å². The number of carbonyl (C=O) groups excluding carboxylic acids is 2. The highest BCUT2D eigenvalue weighted by atomic mass is 16.2. The van der Waals surface area contributed by atoms with Crippen molar-refractivity contribution in [3.8, 4) is 0 Å². The molecular formula is C16H14N2O2. The Morgan fingerprint density at radius 2 is 2.00 bits per heavy atom. The first-order chi connectivity index (χ1) is 9.63.